The van der Waals surface area contributed by atoms with Crippen molar-refractivity contribution < 1.29 is 29.3 Å². The van der Waals surface area contributed by atoms with Crippen molar-refractivity contribution in [2.45, 2.75) is 81.5 Å². The van der Waals surface area contributed by atoms with Crippen LogP contribution in [0, 0.1) is 0 Å². The van der Waals surface area contributed by atoms with Gasteiger partial charge in [0.1, 0.15) is 0 Å². The van der Waals surface area contributed by atoms with Crippen molar-refractivity contribution in [2.24, 2.45) is 0 Å². The summed E-state index contributed by atoms with van der Waals surface area (Å²) in [5.74, 6) is 0.0292. The highest BCUT2D eigenvalue weighted by molar-refractivity contribution is 7.99. The first-order chi connectivity index (χ1) is 23.0. The fourth-order valence-electron chi connectivity index (χ4n) is 5.70. The molecule has 1 aliphatic rings. The number of aliphatic carboxylic acids is 1. The van der Waals surface area contributed by atoms with E-state index in [-0.39, 0.29) is 31.1 Å². The molecule has 1 amide bonds. The first-order valence-corrected chi connectivity index (χ1v) is 17.3. The number of benzene rings is 4. The summed E-state index contributed by atoms with van der Waals surface area (Å²) >= 11 is 1.78. The third-order valence-corrected chi connectivity index (χ3v) is 9.47. The summed E-state index contributed by atoms with van der Waals surface area (Å²) in [6, 6.07) is 34.6. The van der Waals surface area contributed by atoms with Crippen LogP contribution in [0.3, 0.4) is 0 Å². The molecule has 246 valence electrons. The van der Waals surface area contributed by atoms with Gasteiger partial charge in [-0.25, -0.2) is 0 Å². The summed E-state index contributed by atoms with van der Waals surface area (Å²) in [6.07, 6.45) is 3.73. The van der Waals surface area contributed by atoms with E-state index in [9.17, 15) is 14.7 Å². The smallest absolute Gasteiger partial charge is 0.303 e. The molecule has 1 aliphatic heterocycles. The summed E-state index contributed by atoms with van der Waals surface area (Å²) in [6.45, 7) is 0.440. The van der Waals surface area contributed by atoms with Crippen LogP contribution < -0.4 is 5.32 Å². The molecule has 0 bridgehead atoms. The maximum Gasteiger partial charge on any atom is 0.303 e. The van der Waals surface area contributed by atoms with E-state index < -0.39 is 12.3 Å². The van der Waals surface area contributed by atoms with Gasteiger partial charge < -0.3 is 25.0 Å². The molecule has 47 heavy (non-hydrogen) atoms. The molecule has 3 N–H and O–H groups in total. The Balaban J connectivity index is 1.23. The van der Waals surface area contributed by atoms with Gasteiger partial charge in [-0.1, -0.05) is 104 Å². The molecular formula is C39H43NO6S. The zero-order valence-corrected chi connectivity index (χ0v) is 27.4. The summed E-state index contributed by atoms with van der Waals surface area (Å²) in [5, 5.41) is 21.3. The second kappa shape index (κ2) is 17.8. The number of carbonyl (C=O) groups excluding carboxylic acids is 1. The third kappa shape index (κ3) is 10.5. The molecule has 1 fully saturated rings. The third-order valence-electron chi connectivity index (χ3n) is 8.33. The van der Waals surface area contributed by atoms with Crippen LogP contribution in [0.15, 0.2) is 108 Å². The molecule has 1 heterocycles. The Kier molecular flexibility index (Phi) is 13.0. The van der Waals surface area contributed by atoms with Crippen molar-refractivity contribution in [2.75, 3.05) is 5.75 Å². The predicted octanol–water partition coefficient (Wildman–Crippen LogP) is 8.23. The summed E-state index contributed by atoms with van der Waals surface area (Å²) in [4.78, 5) is 24.3. The van der Waals surface area contributed by atoms with Gasteiger partial charge in [0.25, 0.3) is 0 Å². The average Bonchev–Trinajstić information content (AvgIpc) is 3.11. The Morgan fingerprint density at radius 3 is 2.17 bits per heavy atom. The Bertz CT molecular complexity index is 1560. The summed E-state index contributed by atoms with van der Waals surface area (Å²) < 4.78 is 13.1. The van der Waals surface area contributed by atoms with Crippen molar-refractivity contribution in [3.05, 3.63) is 125 Å². The Morgan fingerprint density at radius 2 is 1.45 bits per heavy atom. The number of amides is 1. The summed E-state index contributed by atoms with van der Waals surface area (Å²) in [7, 11) is 0. The number of carboxylic acid groups (broad SMARTS) is 1. The van der Waals surface area contributed by atoms with E-state index in [4.69, 9.17) is 14.6 Å². The fourth-order valence-corrected chi connectivity index (χ4v) is 6.64. The van der Waals surface area contributed by atoms with Crippen LogP contribution >= 0.6 is 11.8 Å². The minimum Gasteiger partial charge on any atom is -0.481 e. The molecule has 4 aromatic rings. The number of carbonyl (C=O) groups is 2. The molecule has 7 nitrogen and oxygen atoms in total. The van der Waals surface area contributed by atoms with Gasteiger partial charge in [0.2, 0.25) is 5.91 Å². The highest BCUT2D eigenvalue weighted by atomic mass is 32.2. The second-order valence-electron chi connectivity index (χ2n) is 11.8. The fraction of sp³-hybridized carbons (Fsp3) is 0.333. The molecule has 1 saturated heterocycles. The monoisotopic (exact) mass is 653 g/mol. The predicted molar refractivity (Wildman–Crippen MR) is 185 cm³/mol. The molecule has 0 unspecified atom stereocenters. The normalized spacial score (nSPS) is 17.7. The number of carboxylic acids is 1. The maximum atomic E-state index is 12.5. The number of unbranched alkanes of at least 4 members (excludes halogenated alkanes) is 3. The van der Waals surface area contributed by atoms with E-state index in [1.165, 1.54) is 4.90 Å². The lowest BCUT2D eigenvalue weighted by Gasteiger charge is -2.36. The van der Waals surface area contributed by atoms with Crippen LogP contribution in [0.5, 0.6) is 0 Å². The van der Waals surface area contributed by atoms with Crippen LogP contribution in [-0.2, 0) is 32.2 Å². The Hall–Kier alpha value is -3.95. The minimum absolute atomic E-state index is 0.000480. The largest absolute Gasteiger partial charge is 0.481 e. The van der Waals surface area contributed by atoms with E-state index in [0.29, 0.717) is 19.4 Å². The van der Waals surface area contributed by atoms with Crippen molar-refractivity contribution in [1.29, 1.82) is 0 Å². The highest BCUT2D eigenvalue weighted by Crippen LogP contribution is 2.40. The molecule has 3 atom stereocenters. The van der Waals surface area contributed by atoms with Crippen LogP contribution in [0.2, 0.25) is 0 Å². The van der Waals surface area contributed by atoms with Gasteiger partial charge in [-0.15, -0.1) is 11.8 Å². The lowest BCUT2D eigenvalue weighted by Crippen LogP contribution is -2.31. The van der Waals surface area contributed by atoms with Gasteiger partial charge >= 0.3 is 5.97 Å². The van der Waals surface area contributed by atoms with Crippen LogP contribution in [0.4, 0.5) is 0 Å². The molecule has 8 heteroatoms. The van der Waals surface area contributed by atoms with Gasteiger partial charge in [-0.05, 0) is 52.8 Å². The molecule has 0 spiro atoms. The van der Waals surface area contributed by atoms with Crippen molar-refractivity contribution in [3.63, 3.8) is 0 Å². The van der Waals surface area contributed by atoms with Gasteiger partial charge in [0.15, 0.2) is 6.29 Å². The minimum atomic E-state index is -0.774. The van der Waals surface area contributed by atoms with Gasteiger partial charge in [-0.2, -0.15) is 0 Å². The van der Waals surface area contributed by atoms with Gasteiger partial charge in [0, 0.05) is 42.0 Å². The number of rotatable bonds is 16. The van der Waals surface area contributed by atoms with E-state index >= 15 is 0 Å². The van der Waals surface area contributed by atoms with Gasteiger partial charge in [0.05, 0.1) is 18.8 Å². The number of hydrogen-bond acceptors (Lipinski definition) is 6. The average molecular weight is 654 g/mol. The second-order valence-corrected chi connectivity index (χ2v) is 12.9. The molecule has 0 aliphatic carbocycles. The molecule has 5 rings (SSSR count). The molecule has 0 aromatic heterocycles. The number of aliphatic hydroxyl groups excluding tert-OH is 1. The van der Waals surface area contributed by atoms with Gasteiger partial charge in [-0.3, -0.25) is 9.59 Å². The first kappa shape index (κ1) is 34.4. The topological polar surface area (TPSA) is 105 Å². The Labute approximate surface area is 281 Å². The van der Waals surface area contributed by atoms with Crippen LogP contribution in [0.25, 0.3) is 11.1 Å². The number of aliphatic hydroxyl groups is 1. The first-order valence-electron chi connectivity index (χ1n) is 16.3. The number of thioether (sulfide) groups is 1. The SMILES string of the molecule is O=C(O)CCCCCCC(=O)NCc1ccccc1-c1ccc([C@H]2O[C@@H](CSc3ccccc3)C[C@@H](c3ccc(CO)cc3)O2)cc1. The van der Waals surface area contributed by atoms with Crippen molar-refractivity contribution in [1.82, 2.24) is 5.32 Å². The standard InChI is InChI=1S/C39H43NO6S/c41-26-28-16-18-30(19-17-28)36-24-33(27-47-34-11-4-3-5-12-34)45-39(46-36)31-22-20-29(21-23-31)35-13-9-8-10-32(35)25-40-37(42)14-6-1-2-7-15-38(43)44/h3-5,8-13,16-23,33,36,39,41H,1-2,6-7,14-15,24-27H2,(H,40,42)(H,43,44)/t33-,36+,39+/m1/s1. The van der Waals surface area contributed by atoms with E-state index in [1.807, 2.05) is 60.7 Å². The maximum absolute atomic E-state index is 12.5. The highest BCUT2D eigenvalue weighted by Gasteiger charge is 2.32. The van der Waals surface area contributed by atoms with E-state index in [1.54, 1.807) is 11.8 Å². The number of hydrogen-bond donors (Lipinski definition) is 3. The van der Waals surface area contributed by atoms with E-state index in [0.717, 1.165) is 64.8 Å². The summed E-state index contributed by atoms with van der Waals surface area (Å²) in [5.41, 5.74) is 6.00. The lowest BCUT2D eigenvalue weighted by molar-refractivity contribution is -0.245. The molecular weight excluding hydrogens is 610 g/mol. The van der Waals surface area contributed by atoms with Crippen molar-refractivity contribution >= 4 is 23.6 Å². The van der Waals surface area contributed by atoms with Crippen LogP contribution in [0.1, 0.15) is 79.6 Å². The van der Waals surface area contributed by atoms with E-state index in [2.05, 4.69) is 47.8 Å². The zero-order valence-electron chi connectivity index (χ0n) is 26.6. The molecule has 4 aromatic carbocycles. The zero-order chi connectivity index (χ0) is 32.8. The Morgan fingerprint density at radius 1 is 0.766 bits per heavy atom. The molecule has 0 radical (unpaired) electrons. The molecule has 0 saturated carbocycles. The van der Waals surface area contributed by atoms with Crippen molar-refractivity contribution in [3.8, 4) is 11.1 Å². The number of ether oxygens (including phenoxy) is 2. The number of nitrogens with one attached hydrogen (secondary N) is 1. The lowest BCUT2D eigenvalue weighted by atomic mass is 9.97. The quantitative estimate of drug-likeness (QED) is 0.0827. The van der Waals surface area contributed by atoms with Crippen LogP contribution in [-0.4, -0.2) is 33.9 Å².